The fourth-order valence-electron chi connectivity index (χ4n) is 1.58. The molecule has 0 aliphatic heterocycles. The summed E-state index contributed by atoms with van der Waals surface area (Å²) in [6, 6.07) is 6.93. The molecule has 98 valence electrons. The maximum atomic E-state index is 11.8. The van der Waals surface area contributed by atoms with Crippen LogP contribution in [0.1, 0.15) is 30.1 Å². The smallest absolute Gasteiger partial charge is 0.308 e. The van der Waals surface area contributed by atoms with Gasteiger partial charge in [0.1, 0.15) is 0 Å². The largest absolute Gasteiger partial charge is 0.481 e. The van der Waals surface area contributed by atoms with Crippen molar-refractivity contribution in [2.45, 2.75) is 19.8 Å². The van der Waals surface area contributed by atoms with Crippen LogP contribution in [0.4, 0.5) is 0 Å². The molecular weight excluding hydrogens is 298 g/mol. The topological polar surface area (TPSA) is 66.4 Å². The highest BCUT2D eigenvalue weighted by molar-refractivity contribution is 9.10. The van der Waals surface area contributed by atoms with Crippen LogP contribution >= 0.6 is 15.9 Å². The van der Waals surface area contributed by atoms with Crippen molar-refractivity contribution in [3.05, 3.63) is 34.3 Å². The number of hydrogen-bond acceptors (Lipinski definition) is 2. The molecule has 1 aromatic rings. The first-order valence-corrected chi connectivity index (χ1v) is 6.60. The van der Waals surface area contributed by atoms with Crippen molar-refractivity contribution in [1.82, 2.24) is 5.32 Å². The lowest BCUT2D eigenvalue weighted by Crippen LogP contribution is -2.32. The van der Waals surface area contributed by atoms with E-state index in [9.17, 15) is 9.59 Å². The number of carboxylic acid groups (broad SMARTS) is 1. The zero-order valence-electron chi connectivity index (χ0n) is 10.1. The Bertz CT molecular complexity index is 417. The van der Waals surface area contributed by atoms with Gasteiger partial charge in [0.05, 0.1) is 5.92 Å². The molecule has 1 rings (SSSR count). The molecule has 0 saturated carbocycles. The van der Waals surface area contributed by atoms with Gasteiger partial charge in [-0.05, 0) is 30.7 Å². The maximum Gasteiger partial charge on any atom is 0.308 e. The van der Waals surface area contributed by atoms with Gasteiger partial charge >= 0.3 is 5.97 Å². The second-order valence-corrected chi connectivity index (χ2v) is 4.96. The van der Waals surface area contributed by atoms with Crippen LogP contribution in [-0.4, -0.2) is 23.5 Å². The Morgan fingerprint density at radius 3 is 2.44 bits per heavy atom. The zero-order chi connectivity index (χ0) is 13.5. The lowest BCUT2D eigenvalue weighted by molar-refractivity contribution is -0.141. The van der Waals surface area contributed by atoms with Gasteiger partial charge in [-0.15, -0.1) is 0 Å². The fourth-order valence-corrected chi connectivity index (χ4v) is 1.84. The van der Waals surface area contributed by atoms with Gasteiger partial charge < -0.3 is 10.4 Å². The molecule has 18 heavy (non-hydrogen) atoms. The van der Waals surface area contributed by atoms with E-state index in [1.54, 1.807) is 24.3 Å². The Morgan fingerprint density at radius 1 is 1.33 bits per heavy atom. The molecule has 0 radical (unpaired) electrons. The highest BCUT2D eigenvalue weighted by atomic mass is 79.9. The summed E-state index contributed by atoms with van der Waals surface area (Å²) < 4.78 is 0.897. The molecule has 0 bridgehead atoms. The zero-order valence-corrected chi connectivity index (χ0v) is 11.7. The molecule has 5 heteroatoms. The highest BCUT2D eigenvalue weighted by Crippen LogP contribution is 2.11. The predicted octanol–water partition coefficient (Wildman–Crippen LogP) is 2.68. The van der Waals surface area contributed by atoms with E-state index in [0.717, 1.165) is 10.9 Å². The number of aliphatic carboxylic acids is 1. The first kappa shape index (κ1) is 14.7. The van der Waals surface area contributed by atoms with Crippen molar-refractivity contribution in [2.75, 3.05) is 6.54 Å². The summed E-state index contributed by atoms with van der Waals surface area (Å²) in [6.07, 6.45) is 1.35. The standard InChI is InChI=1S/C13H16BrNO3/c1-2-3-10(13(17)18)8-15-12(16)9-4-6-11(14)7-5-9/h4-7,10H,2-3,8H2,1H3,(H,15,16)(H,17,18). The Labute approximate surface area is 115 Å². The first-order valence-electron chi connectivity index (χ1n) is 5.81. The molecule has 0 aliphatic rings. The van der Waals surface area contributed by atoms with Crippen LogP contribution in [0.5, 0.6) is 0 Å². The summed E-state index contributed by atoms with van der Waals surface area (Å²) in [4.78, 5) is 22.7. The van der Waals surface area contributed by atoms with Crippen molar-refractivity contribution in [1.29, 1.82) is 0 Å². The molecule has 1 atom stereocenters. The average Bonchev–Trinajstić information content (AvgIpc) is 2.34. The molecular formula is C13H16BrNO3. The number of carbonyl (C=O) groups excluding carboxylic acids is 1. The molecule has 4 nitrogen and oxygen atoms in total. The fraction of sp³-hybridized carbons (Fsp3) is 0.385. The maximum absolute atomic E-state index is 11.8. The van der Waals surface area contributed by atoms with Crippen molar-refractivity contribution in [3.8, 4) is 0 Å². The molecule has 0 saturated heterocycles. The van der Waals surface area contributed by atoms with E-state index in [4.69, 9.17) is 5.11 Å². The van der Waals surface area contributed by atoms with Gasteiger partial charge in [0.25, 0.3) is 5.91 Å². The SMILES string of the molecule is CCCC(CNC(=O)c1ccc(Br)cc1)C(=O)O. The van der Waals surface area contributed by atoms with Gasteiger partial charge in [0, 0.05) is 16.6 Å². The van der Waals surface area contributed by atoms with Gasteiger partial charge in [-0.25, -0.2) is 0 Å². The number of carboxylic acids is 1. The molecule has 1 amide bonds. The molecule has 0 heterocycles. The summed E-state index contributed by atoms with van der Waals surface area (Å²) in [5, 5.41) is 11.6. The average molecular weight is 314 g/mol. The Kier molecular flexibility index (Phi) is 5.85. The molecule has 0 aromatic heterocycles. The number of rotatable bonds is 6. The third-order valence-corrected chi connectivity index (χ3v) is 3.13. The Morgan fingerprint density at radius 2 is 1.94 bits per heavy atom. The number of amides is 1. The van der Waals surface area contributed by atoms with E-state index in [1.807, 2.05) is 6.92 Å². The van der Waals surface area contributed by atoms with Crippen molar-refractivity contribution < 1.29 is 14.7 Å². The van der Waals surface area contributed by atoms with E-state index in [-0.39, 0.29) is 12.5 Å². The molecule has 0 fully saturated rings. The minimum atomic E-state index is -0.868. The van der Waals surface area contributed by atoms with Crippen molar-refractivity contribution in [2.24, 2.45) is 5.92 Å². The quantitative estimate of drug-likeness (QED) is 0.848. The number of nitrogens with one attached hydrogen (secondary N) is 1. The van der Waals surface area contributed by atoms with E-state index in [1.165, 1.54) is 0 Å². The summed E-state index contributed by atoms with van der Waals surface area (Å²) in [6.45, 7) is 2.09. The third-order valence-electron chi connectivity index (χ3n) is 2.60. The second kappa shape index (κ2) is 7.16. The Balaban J connectivity index is 2.54. The van der Waals surface area contributed by atoms with Crippen LogP contribution < -0.4 is 5.32 Å². The molecule has 1 aromatic carbocycles. The van der Waals surface area contributed by atoms with Crippen molar-refractivity contribution >= 4 is 27.8 Å². The first-order chi connectivity index (χ1) is 8.54. The van der Waals surface area contributed by atoms with Crippen LogP contribution in [0.15, 0.2) is 28.7 Å². The van der Waals surface area contributed by atoms with E-state index in [0.29, 0.717) is 12.0 Å². The number of halogens is 1. The minimum Gasteiger partial charge on any atom is -0.481 e. The van der Waals surface area contributed by atoms with Crippen molar-refractivity contribution in [3.63, 3.8) is 0 Å². The van der Waals surface area contributed by atoms with Crippen LogP contribution in [-0.2, 0) is 4.79 Å². The van der Waals surface area contributed by atoms with Crippen LogP contribution in [0.2, 0.25) is 0 Å². The van der Waals surface area contributed by atoms with Gasteiger partial charge in [-0.1, -0.05) is 29.3 Å². The summed E-state index contributed by atoms with van der Waals surface area (Å²) >= 11 is 3.29. The summed E-state index contributed by atoms with van der Waals surface area (Å²) in [5.41, 5.74) is 0.527. The highest BCUT2D eigenvalue weighted by Gasteiger charge is 2.17. The number of carbonyl (C=O) groups is 2. The number of benzene rings is 1. The van der Waals surface area contributed by atoms with E-state index < -0.39 is 11.9 Å². The second-order valence-electron chi connectivity index (χ2n) is 4.04. The lowest BCUT2D eigenvalue weighted by atomic mass is 10.0. The van der Waals surface area contributed by atoms with E-state index >= 15 is 0 Å². The van der Waals surface area contributed by atoms with E-state index in [2.05, 4.69) is 21.2 Å². The summed E-state index contributed by atoms with van der Waals surface area (Å²) in [7, 11) is 0. The molecule has 0 spiro atoms. The normalized spacial score (nSPS) is 11.9. The molecule has 0 aliphatic carbocycles. The number of hydrogen-bond donors (Lipinski definition) is 2. The van der Waals surface area contributed by atoms with Crippen LogP contribution in [0, 0.1) is 5.92 Å². The minimum absolute atomic E-state index is 0.165. The van der Waals surface area contributed by atoms with Gasteiger partial charge in [-0.3, -0.25) is 9.59 Å². The lowest BCUT2D eigenvalue weighted by Gasteiger charge is -2.12. The third kappa shape index (κ3) is 4.49. The van der Waals surface area contributed by atoms with Gasteiger partial charge in [0.15, 0.2) is 0 Å². The Hall–Kier alpha value is -1.36. The summed E-state index contributed by atoms with van der Waals surface area (Å²) in [5.74, 6) is -1.63. The molecule has 2 N–H and O–H groups in total. The predicted molar refractivity (Wildman–Crippen MR) is 72.5 cm³/mol. The monoisotopic (exact) mass is 313 g/mol. The van der Waals surface area contributed by atoms with Crippen LogP contribution in [0.25, 0.3) is 0 Å². The van der Waals surface area contributed by atoms with Gasteiger partial charge in [-0.2, -0.15) is 0 Å². The molecule has 1 unspecified atom stereocenters. The van der Waals surface area contributed by atoms with Crippen LogP contribution in [0.3, 0.4) is 0 Å². The van der Waals surface area contributed by atoms with Gasteiger partial charge in [0.2, 0.25) is 0 Å².